The first-order chi connectivity index (χ1) is 24.4. The Morgan fingerprint density at radius 2 is 1.50 bits per heavy atom. The van der Waals surface area contributed by atoms with Crippen molar-refractivity contribution >= 4 is 21.8 Å². The van der Waals surface area contributed by atoms with E-state index in [1.807, 2.05) is 103 Å². The number of ether oxygens (including phenoxy) is 2. The molecule has 10 nitrogen and oxygen atoms in total. The SMILES string of the molecule is O=S(=O)(NCc1cccc(-c2ccc(C3OC(CSc4nnnn4-c4ccccc4)CC(c4ccc(CO)cc4)O3)cc2)c1)c1ccccc1. The van der Waals surface area contributed by atoms with Gasteiger partial charge in [0.1, 0.15) is 0 Å². The number of thioether (sulfide) groups is 1. The van der Waals surface area contributed by atoms with E-state index in [1.54, 1.807) is 35.0 Å². The Bertz CT molecular complexity index is 2110. The number of sulfonamides is 1. The van der Waals surface area contributed by atoms with Crippen LogP contribution < -0.4 is 4.72 Å². The lowest BCUT2D eigenvalue weighted by molar-refractivity contribution is -0.245. The Balaban J connectivity index is 1.07. The summed E-state index contributed by atoms with van der Waals surface area (Å²) < 4.78 is 43.0. The molecule has 2 N–H and O–H groups in total. The van der Waals surface area contributed by atoms with Crippen LogP contribution in [0.1, 0.15) is 41.1 Å². The molecule has 6 aromatic rings. The van der Waals surface area contributed by atoms with Crippen LogP contribution in [0.5, 0.6) is 0 Å². The van der Waals surface area contributed by atoms with Crippen LogP contribution in [-0.4, -0.2) is 45.6 Å². The van der Waals surface area contributed by atoms with E-state index >= 15 is 0 Å². The van der Waals surface area contributed by atoms with Gasteiger partial charge in [-0.25, -0.2) is 13.1 Å². The molecule has 3 atom stereocenters. The van der Waals surface area contributed by atoms with Crippen molar-refractivity contribution in [3.05, 3.63) is 156 Å². The van der Waals surface area contributed by atoms with Gasteiger partial charge in [-0.1, -0.05) is 115 Å². The molecule has 5 aromatic carbocycles. The molecule has 254 valence electrons. The predicted octanol–water partition coefficient (Wildman–Crippen LogP) is 6.64. The highest BCUT2D eigenvalue weighted by atomic mass is 32.2. The summed E-state index contributed by atoms with van der Waals surface area (Å²) in [4.78, 5) is 0.233. The minimum atomic E-state index is -3.62. The smallest absolute Gasteiger partial charge is 0.240 e. The fourth-order valence-electron chi connectivity index (χ4n) is 5.75. The van der Waals surface area contributed by atoms with Crippen molar-refractivity contribution in [1.82, 2.24) is 24.9 Å². The molecule has 1 aromatic heterocycles. The van der Waals surface area contributed by atoms with Crippen molar-refractivity contribution in [1.29, 1.82) is 0 Å². The van der Waals surface area contributed by atoms with Crippen molar-refractivity contribution in [2.24, 2.45) is 0 Å². The summed E-state index contributed by atoms with van der Waals surface area (Å²) in [5.41, 5.74) is 6.40. The van der Waals surface area contributed by atoms with Crippen molar-refractivity contribution < 1.29 is 23.0 Å². The largest absolute Gasteiger partial charge is 0.392 e. The third kappa shape index (κ3) is 8.02. The minimum absolute atomic E-state index is 0.0223. The quantitative estimate of drug-likeness (QED) is 0.135. The van der Waals surface area contributed by atoms with Crippen LogP contribution in [0.4, 0.5) is 0 Å². The highest BCUT2D eigenvalue weighted by Crippen LogP contribution is 2.40. The molecule has 0 bridgehead atoms. The Kier molecular flexibility index (Phi) is 10.5. The number of nitrogens with zero attached hydrogens (tertiary/aromatic N) is 4. The highest BCUT2D eigenvalue weighted by molar-refractivity contribution is 7.99. The van der Waals surface area contributed by atoms with Crippen LogP contribution in [0.2, 0.25) is 0 Å². The van der Waals surface area contributed by atoms with Gasteiger partial charge in [-0.15, -0.1) is 5.10 Å². The number of benzene rings is 5. The van der Waals surface area contributed by atoms with Crippen molar-refractivity contribution in [3.63, 3.8) is 0 Å². The molecular formula is C38H35N5O5S2. The Hall–Kier alpha value is -4.69. The molecule has 1 aliphatic heterocycles. The van der Waals surface area contributed by atoms with Crippen LogP contribution in [-0.2, 0) is 32.6 Å². The third-order valence-electron chi connectivity index (χ3n) is 8.42. The van der Waals surface area contributed by atoms with E-state index < -0.39 is 16.3 Å². The highest BCUT2D eigenvalue weighted by Gasteiger charge is 2.32. The summed E-state index contributed by atoms with van der Waals surface area (Å²) in [7, 11) is -3.62. The second kappa shape index (κ2) is 15.5. The first-order valence-electron chi connectivity index (χ1n) is 16.2. The van der Waals surface area contributed by atoms with Gasteiger partial charge in [0.15, 0.2) is 6.29 Å². The lowest BCUT2D eigenvalue weighted by Gasteiger charge is -2.36. The van der Waals surface area contributed by atoms with Gasteiger partial charge in [-0.05, 0) is 68.6 Å². The fraction of sp³-hybridized carbons (Fsp3) is 0.184. The number of nitrogens with one attached hydrogen (secondary N) is 1. The normalized spacial score (nSPS) is 17.8. The molecule has 7 rings (SSSR count). The van der Waals surface area contributed by atoms with Crippen LogP contribution in [0.15, 0.2) is 144 Å². The Labute approximate surface area is 295 Å². The fourth-order valence-corrected chi connectivity index (χ4v) is 7.69. The number of aliphatic hydroxyl groups excluding tert-OH is 1. The molecule has 1 aliphatic rings. The van der Waals surface area contributed by atoms with E-state index in [1.165, 1.54) is 11.8 Å². The van der Waals surface area contributed by atoms with Crippen LogP contribution >= 0.6 is 11.8 Å². The Morgan fingerprint density at radius 1 is 0.780 bits per heavy atom. The number of tetrazole rings is 1. The second-order valence-electron chi connectivity index (χ2n) is 11.8. The van der Waals surface area contributed by atoms with Crippen LogP contribution in [0.3, 0.4) is 0 Å². The van der Waals surface area contributed by atoms with Crippen molar-refractivity contribution in [2.75, 3.05) is 5.75 Å². The number of rotatable bonds is 12. The second-order valence-corrected chi connectivity index (χ2v) is 14.6. The molecular weight excluding hydrogens is 671 g/mol. The van der Waals surface area contributed by atoms with E-state index in [-0.39, 0.29) is 30.3 Å². The summed E-state index contributed by atoms with van der Waals surface area (Å²) in [6.07, 6.45) is -0.380. The summed E-state index contributed by atoms with van der Waals surface area (Å²) in [5, 5.41) is 22.6. The standard InChI is InChI=1S/C38H35N5O5S2/c44-25-27-14-16-30(17-15-27)36-23-34(26-49-38-40-41-42-43(38)33-10-3-1-4-11-33)47-37(48-36)31-20-18-29(19-21-31)32-9-7-8-28(22-32)24-39-50(45,46)35-12-5-2-6-13-35/h1-22,34,36-37,39,44H,23-26H2. The number of hydrogen-bond donors (Lipinski definition) is 2. The van der Waals surface area contributed by atoms with Gasteiger partial charge in [0.2, 0.25) is 15.2 Å². The van der Waals surface area contributed by atoms with Gasteiger partial charge in [-0.2, -0.15) is 4.68 Å². The molecule has 50 heavy (non-hydrogen) atoms. The lowest BCUT2D eigenvalue weighted by atomic mass is 9.99. The topological polar surface area (TPSA) is 128 Å². The van der Waals surface area contributed by atoms with E-state index in [4.69, 9.17) is 9.47 Å². The zero-order valence-electron chi connectivity index (χ0n) is 26.9. The molecule has 12 heteroatoms. The molecule has 0 saturated carbocycles. The molecule has 0 spiro atoms. The van der Waals surface area contributed by atoms with Gasteiger partial charge in [0.25, 0.3) is 0 Å². The molecule has 3 unspecified atom stereocenters. The number of para-hydroxylation sites is 1. The van der Waals surface area contributed by atoms with Crippen molar-refractivity contribution in [3.8, 4) is 16.8 Å². The van der Waals surface area contributed by atoms with Gasteiger partial charge in [0, 0.05) is 24.3 Å². The molecule has 0 aliphatic carbocycles. The summed E-state index contributed by atoms with van der Waals surface area (Å²) in [6.45, 7) is 0.149. The number of aromatic nitrogens is 4. The molecule has 0 radical (unpaired) electrons. The Morgan fingerprint density at radius 3 is 2.24 bits per heavy atom. The van der Waals surface area contributed by atoms with Gasteiger partial charge < -0.3 is 14.6 Å². The summed E-state index contributed by atoms with van der Waals surface area (Å²) in [6, 6.07) is 41.8. The lowest BCUT2D eigenvalue weighted by Crippen LogP contribution is -2.31. The average molecular weight is 706 g/mol. The van der Waals surface area contributed by atoms with Crippen molar-refractivity contribution in [2.45, 2.75) is 48.1 Å². The zero-order valence-corrected chi connectivity index (χ0v) is 28.6. The predicted molar refractivity (Wildman–Crippen MR) is 191 cm³/mol. The number of aliphatic hydroxyl groups is 1. The van der Waals surface area contributed by atoms with Crippen LogP contribution in [0, 0.1) is 0 Å². The maximum absolute atomic E-state index is 12.7. The maximum Gasteiger partial charge on any atom is 0.240 e. The van der Waals surface area contributed by atoms with Crippen LogP contribution in [0.25, 0.3) is 16.8 Å². The van der Waals surface area contributed by atoms with E-state index in [0.29, 0.717) is 17.3 Å². The molecule has 1 fully saturated rings. The maximum atomic E-state index is 12.7. The number of hydrogen-bond acceptors (Lipinski definition) is 9. The summed E-state index contributed by atoms with van der Waals surface area (Å²) in [5.74, 6) is 0.608. The summed E-state index contributed by atoms with van der Waals surface area (Å²) >= 11 is 1.53. The van der Waals surface area contributed by atoms with E-state index in [9.17, 15) is 13.5 Å². The first kappa shape index (κ1) is 33.8. The molecule has 1 saturated heterocycles. The van der Waals surface area contributed by atoms with Gasteiger partial charge in [0.05, 0.1) is 29.4 Å². The van der Waals surface area contributed by atoms with Gasteiger partial charge >= 0.3 is 0 Å². The van der Waals surface area contributed by atoms with Gasteiger partial charge in [-0.3, -0.25) is 0 Å². The van der Waals surface area contributed by atoms with E-state index in [0.717, 1.165) is 39.1 Å². The third-order valence-corrected chi connectivity index (χ3v) is 10.9. The monoisotopic (exact) mass is 705 g/mol. The average Bonchev–Trinajstić information content (AvgIpc) is 3.66. The molecule has 2 heterocycles. The van der Waals surface area contributed by atoms with E-state index in [2.05, 4.69) is 20.2 Å². The zero-order chi connectivity index (χ0) is 34.3. The first-order valence-corrected chi connectivity index (χ1v) is 18.6. The molecule has 0 amide bonds. The minimum Gasteiger partial charge on any atom is -0.392 e.